The van der Waals surface area contributed by atoms with Gasteiger partial charge in [-0.25, -0.2) is 14.6 Å². The Kier molecular flexibility index (Phi) is 5.33. The van der Waals surface area contributed by atoms with E-state index in [-0.39, 0.29) is 0 Å². The molecule has 6 heteroatoms. The molecule has 1 rings (SSSR count). The van der Waals surface area contributed by atoms with E-state index in [1.54, 1.807) is 39.8 Å². The molecule has 20 heavy (non-hydrogen) atoms. The lowest BCUT2D eigenvalue weighted by atomic mass is 10.1. The van der Waals surface area contributed by atoms with Gasteiger partial charge in [-0.3, -0.25) is 5.43 Å². The number of rotatable bonds is 4. The Morgan fingerprint density at radius 3 is 2.50 bits per heavy atom. The van der Waals surface area contributed by atoms with Gasteiger partial charge >= 0.3 is 6.09 Å². The quantitative estimate of drug-likeness (QED) is 0.835. The topological polar surface area (TPSA) is 59.6 Å². The van der Waals surface area contributed by atoms with Gasteiger partial charge in [-0.05, 0) is 33.8 Å². The van der Waals surface area contributed by atoms with Crippen LogP contribution in [0.25, 0.3) is 0 Å². The molecule has 1 aromatic carbocycles. The minimum Gasteiger partial charge on any atom is -0.497 e. The van der Waals surface area contributed by atoms with E-state index >= 15 is 0 Å². The largest absolute Gasteiger partial charge is 0.497 e. The van der Waals surface area contributed by atoms with E-state index in [0.717, 1.165) is 0 Å². The number of methoxy groups -OCH3 is 1. The van der Waals surface area contributed by atoms with Gasteiger partial charge in [-0.2, -0.15) is 0 Å². The Hall–Kier alpha value is -1.82. The van der Waals surface area contributed by atoms with Gasteiger partial charge in [0.2, 0.25) is 0 Å². The second kappa shape index (κ2) is 6.56. The molecule has 0 aliphatic heterocycles. The van der Waals surface area contributed by atoms with Crippen molar-refractivity contribution >= 4 is 6.09 Å². The molecule has 0 saturated carbocycles. The molecule has 112 valence electrons. The molecule has 2 N–H and O–H groups in total. The lowest BCUT2D eigenvalue weighted by Crippen LogP contribution is -2.42. The summed E-state index contributed by atoms with van der Waals surface area (Å²) in [5, 5.41) is 0. The molecule has 0 bridgehead atoms. The minimum atomic E-state index is -0.613. The van der Waals surface area contributed by atoms with E-state index in [0.29, 0.717) is 11.3 Å². The van der Waals surface area contributed by atoms with Crippen molar-refractivity contribution < 1.29 is 18.7 Å². The van der Waals surface area contributed by atoms with E-state index in [2.05, 4.69) is 10.9 Å². The Bertz CT molecular complexity index is 472. The summed E-state index contributed by atoms with van der Waals surface area (Å²) in [6.45, 7) is 7.01. The van der Waals surface area contributed by atoms with Crippen LogP contribution >= 0.6 is 0 Å². The van der Waals surface area contributed by atoms with Crippen molar-refractivity contribution in [2.24, 2.45) is 0 Å². The maximum atomic E-state index is 13.8. The number of carbonyl (C=O) groups excluding carboxylic acids is 1. The third kappa shape index (κ3) is 5.05. The van der Waals surface area contributed by atoms with Gasteiger partial charge in [-0.15, -0.1) is 0 Å². The summed E-state index contributed by atoms with van der Waals surface area (Å²) in [7, 11) is 1.47. The number of hydrazine groups is 1. The third-order valence-electron chi connectivity index (χ3n) is 2.46. The second-order valence-electron chi connectivity index (χ2n) is 5.38. The Morgan fingerprint density at radius 1 is 1.35 bits per heavy atom. The predicted molar refractivity (Wildman–Crippen MR) is 73.9 cm³/mol. The molecule has 0 fully saturated rings. The highest BCUT2D eigenvalue weighted by molar-refractivity contribution is 5.67. The zero-order valence-corrected chi connectivity index (χ0v) is 12.4. The third-order valence-corrected chi connectivity index (χ3v) is 2.46. The molecule has 0 radical (unpaired) electrons. The smallest absolute Gasteiger partial charge is 0.422 e. The second-order valence-corrected chi connectivity index (χ2v) is 5.38. The van der Waals surface area contributed by atoms with Crippen LogP contribution in [0.5, 0.6) is 5.75 Å². The molecular formula is C14H21FN2O3. The van der Waals surface area contributed by atoms with Crippen LogP contribution in [0, 0.1) is 5.82 Å². The van der Waals surface area contributed by atoms with Crippen molar-refractivity contribution in [1.29, 1.82) is 0 Å². The van der Waals surface area contributed by atoms with Gasteiger partial charge in [0.15, 0.2) is 0 Å². The zero-order chi connectivity index (χ0) is 15.3. The van der Waals surface area contributed by atoms with Crippen molar-refractivity contribution in [3.63, 3.8) is 0 Å². The van der Waals surface area contributed by atoms with Crippen molar-refractivity contribution in [2.75, 3.05) is 7.11 Å². The van der Waals surface area contributed by atoms with Gasteiger partial charge in [0.05, 0.1) is 13.2 Å². The lowest BCUT2D eigenvalue weighted by Gasteiger charge is -2.21. The highest BCUT2D eigenvalue weighted by atomic mass is 19.1. The summed E-state index contributed by atoms with van der Waals surface area (Å²) < 4.78 is 23.8. The molecule has 0 aliphatic rings. The van der Waals surface area contributed by atoms with Crippen LogP contribution in [0.4, 0.5) is 9.18 Å². The average Bonchev–Trinajstić information content (AvgIpc) is 2.33. The molecule has 1 atom stereocenters. The number of halogens is 1. The molecule has 5 nitrogen and oxygen atoms in total. The van der Waals surface area contributed by atoms with E-state index in [1.807, 2.05) is 0 Å². The number of hydrogen-bond donors (Lipinski definition) is 2. The Balaban J connectivity index is 2.59. The maximum absolute atomic E-state index is 13.8. The first-order valence-electron chi connectivity index (χ1n) is 6.31. The van der Waals surface area contributed by atoms with E-state index in [1.165, 1.54) is 13.2 Å². The number of carbonyl (C=O) groups is 1. The van der Waals surface area contributed by atoms with Gasteiger partial charge in [-0.1, -0.05) is 6.07 Å². The molecule has 0 spiro atoms. The Morgan fingerprint density at radius 2 is 2.00 bits per heavy atom. The monoisotopic (exact) mass is 284 g/mol. The number of benzene rings is 1. The van der Waals surface area contributed by atoms with Crippen LogP contribution in [0.3, 0.4) is 0 Å². The van der Waals surface area contributed by atoms with Gasteiger partial charge in [0, 0.05) is 11.6 Å². The number of hydrogen-bond acceptors (Lipinski definition) is 4. The first-order chi connectivity index (χ1) is 9.23. The van der Waals surface area contributed by atoms with E-state index < -0.39 is 23.6 Å². The van der Waals surface area contributed by atoms with Crippen molar-refractivity contribution in [3.8, 4) is 5.75 Å². The van der Waals surface area contributed by atoms with Crippen LogP contribution in [0.15, 0.2) is 18.2 Å². The number of amides is 1. The fourth-order valence-electron chi connectivity index (χ4n) is 1.53. The molecule has 1 aromatic rings. The Labute approximate surface area is 118 Å². The van der Waals surface area contributed by atoms with Crippen LogP contribution in [-0.2, 0) is 4.74 Å². The molecule has 0 aliphatic carbocycles. The lowest BCUT2D eigenvalue weighted by molar-refractivity contribution is 0.0489. The van der Waals surface area contributed by atoms with Crippen LogP contribution < -0.4 is 15.6 Å². The predicted octanol–water partition coefficient (Wildman–Crippen LogP) is 2.92. The standard InChI is InChI=1S/C14H21FN2O3/c1-9(16-17-13(18)20-14(2,3)4)11-7-6-10(19-5)8-12(11)15/h6-9,16H,1-5H3,(H,17,18). The minimum absolute atomic E-state index is 0.407. The van der Waals surface area contributed by atoms with Gasteiger partial charge < -0.3 is 9.47 Å². The highest BCUT2D eigenvalue weighted by Gasteiger charge is 2.17. The number of nitrogens with one attached hydrogen (secondary N) is 2. The van der Waals surface area contributed by atoms with Crippen LogP contribution in [-0.4, -0.2) is 18.8 Å². The molecule has 0 saturated heterocycles. The summed E-state index contributed by atoms with van der Waals surface area (Å²) in [4.78, 5) is 11.5. The molecule has 1 unspecified atom stereocenters. The molecular weight excluding hydrogens is 263 g/mol. The highest BCUT2D eigenvalue weighted by Crippen LogP contribution is 2.21. The summed E-state index contributed by atoms with van der Waals surface area (Å²) in [5.74, 6) is 0.0360. The average molecular weight is 284 g/mol. The van der Waals surface area contributed by atoms with Crippen molar-refractivity contribution in [1.82, 2.24) is 10.9 Å². The van der Waals surface area contributed by atoms with Crippen molar-refractivity contribution in [3.05, 3.63) is 29.6 Å². The van der Waals surface area contributed by atoms with Crippen molar-refractivity contribution in [2.45, 2.75) is 39.3 Å². The summed E-state index contributed by atoms with van der Waals surface area (Å²) in [6, 6.07) is 4.14. The van der Waals surface area contributed by atoms with Crippen LogP contribution in [0.2, 0.25) is 0 Å². The molecule has 1 amide bonds. The zero-order valence-electron chi connectivity index (χ0n) is 12.4. The molecule has 0 heterocycles. The fourth-order valence-corrected chi connectivity index (χ4v) is 1.53. The van der Waals surface area contributed by atoms with Crippen LogP contribution in [0.1, 0.15) is 39.3 Å². The maximum Gasteiger partial charge on any atom is 0.422 e. The fraction of sp³-hybridized carbons (Fsp3) is 0.500. The summed E-state index contributed by atoms with van der Waals surface area (Å²) in [5.41, 5.74) is 4.91. The normalized spacial score (nSPS) is 12.7. The first kappa shape index (κ1) is 16.2. The van der Waals surface area contributed by atoms with Gasteiger partial charge in [0.1, 0.15) is 17.2 Å². The van der Waals surface area contributed by atoms with E-state index in [9.17, 15) is 9.18 Å². The number of ether oxygens (including phenoxy) is 2. The summed E-state index contributed by atoms with van der Waals surface area (Å²) in [6.07, 6.45) is -0.613. The SMILES string of the molecule is COc1ccc(C(C)NNC(=O)OC(C)(C)C)c(F)c1. The first-order valence-corrected chi connectivity index (χ1v) is 6.31. The molecule has 0 aromatic heterocycles. The summed E-state index contributed by atoms with van der Waals surface area (Å²) >= 11 is 0. The van der Waals surface area contributed by atoms with E-state index in [4.69, 9.17) is 9.47 Å². The van der Waals surface area contributed by atoms with Gasteiger partial charge in [0.25, 0.3) is 0 Å².